The molecule has 1 saturated heterocycles. The number of aromatic nitrogens is 1. The Balaban J connectivity index is 1.54. The maximum Gasteiger partial charge on any atom is 0.132 e. The van der Waals surface area contributed by atoms with Crippen LogP contribution in [0.15, 0.2) is 42.6 Å². The standard InChI is InChI=1S/C22H32N4/c1-4-23-16-19-7-9-20(10-8-19)17-25-12-14-26(15-13-25)22-21(18(2)3)6-5-11-24-22/h5-11,18,23H,4,12-17H2,1-3H3. The van der Waals surface area contributed by atoms with Gasteiger partial charge in [-0.15, -0.1) is 0 Å². The van der Waals surface area contributed by atoms with Crippen LogP contribution in [0, 0.1) is 0 Å². The normalized spacial score (nSPS) is 15.6. The average Bonchev–Trinajstić information content (AvgIpc) is 2.68. The molecule has 0 atom stereocenters. The molecule has 1 N–H and O–H groups in total. The van der Waals surface area contributed by atoms with Crippen LogP contribution in [0.1, 0.15) is 43.4 Å². The molecule has 0 radical (unpaired) electrons. The highest BCUT2D eigenvalue weighted by molar-refractivity contribution is 5.48. The smallest absolute Gasteiger partial charge is 0.132 e. The van der Waals surface area contributed by atoms with Gasteiger partial charge in [0.2, 0.25) is 0 Å². The molecule has 1 aromatic heterocycles. The van der Waals surface area contributed by atoms with E-state index in [0.717, 1.165) is 45.8 Å². The van der Waals surface area contributed by atoms with Crippen molar-refractivity contribution in [2.45, 2.75) is 39.8 Å². The molecule has 0 aliphatic carbocycles. The van der Waals surface area contributed by atoms with Crippen LogP contribution >= 0.6 is 0 Å². The van der Waals surface area contributed by atoms with E-state index in [0.29, 0.717) is 5.92 Å². The summed E-state index contributed by atoms with van der Waals surface area (Å²) < 4.78 is 0. The Kier molecular flexibility index (Phi) is 6.64. The summed E-state index contributed by atoms with van der Waals surface area (Å²) in [6.07, 6.45) is 1.92. The highest BCUT2D eigenvalue weighted by atomic mass is 15.3. The second kappa shape index (κ2) is 9.15. The number of piperazine rings is 1. The molecule has 0 unspecified atom stereocenters. The van der Waals surface area contributed by atoms with E-state index in [1.165, 1.54) is 22.5 Å². The van der Waals surface area contributed by atoms with Gasteiger partial charge in [0.05, 0.1) is 0 Å². The van der Waals surface area contributed by atoms with Gasteiger partial charge in [-0.05, 0) is 35.2 Å². The third kappa shape index (κ3) is 4.83. The van der Waals surface area contributed by atoms with Crippen molar-refractivity contribution in [2.75, 3.05) is 37.6 Å². The van der Waals surface area contributed by atoms with Crippen LogP contribution in [0.2, 0.25) is 0 Å². The van der Waals surface area contributed by atoms with Crippen LogP contribution in [-0.2, 0) is 13.1 Å². The number of anilines is 1. The molecule has 1 aliphatic heterocycles. The van der Waals surface area contributed by atoms with Crippen LogP contribution in [0.25, 0.3) is 0 Å². The second-order valence-electron chi connectivity index (χ2n) is 7.43. The first-order chi connectivity index (χ1) is 12.7. The molecule has 3 rings (SSSR count). The number of nitrogens with one attached hydrogen (secondary N) is 1. The van der Waals surface area contributed by atoms with Gasteiger partial charge in [-0.25, -0.2) is 4.98 Å². The second-order valence-corrected chi connectivity index (χ2v) is 7.43. The summed E-state index contributed by atoms with van der Waals surface area (Å²) in [6.45, 7) is 13.9. The van der Waals surface area contributed by atoms with Gasteiger partial charge >= 0.3 is 0 Å². The summed E-state index contributed by atoms with van der Waals surface area (Å²) in [5.74, 6) is 1.69. The minimum absolute atomic E-state index is 0.512. The molecular weight excluding hydrogens is 320 g/mol. The summed E-state index contributed by atoms with van der Waals surface area (Å²) in [6, 6.07) is 13.3. The molecule has 0 bridgehead atoms. The first kappa shape index (κ1) is 18.9. The van der Waals surface area contributed by atoms with Gasteiger partial charge in [-0.2, -0.15) is 0 Å². The predicted octanol–water partition coefficient (Wildman–Crippen LogP) is 3.64. The van der Waals surface area contributed by atoms with E-state index in [-0.39, 0.29) is 0 Å². The minimum Gasteiger partial charge on any atom is -0.354 e. The number of pyridine rings is 1. The monoisotopic (exact) mass is 352 g/mol. The van der Waals surface area contributed by atoms with Gasteiger partial charge in [-0.1, -0.05) is 51.1 Å². The fraction of sp³-hybridized carbons (Fsp3) is 0.500. The highest BCUT2D eigenvalue weighted by Gasteiger charge is 2.20. The molecule has 2 aromatic rings. The third-order valence-electron chi connectivity index (χ3n) is 5.12. The topological polar surface area (TPSA) is 31.4 Å². The number of nitrogens with zero attached hydrogens (tertiary/aromatic N) is 3. The van der Waals surface area contributed by atoms with E-state index in [1.807, 2.05) is 6.20 Å². The zero-order valence-corrected chi connectivity index (χ0v) is 16.4. The van der Waals surface area contributed by atoms with Gasteiger partial charge in [0, 0.05) is 45.5 Å². The number of hydrogen-bond acceptors (Lipinski definition) is 4. The third-order valence-corrected chi connectivity index (χ3v) is 5.12. The average molecular weight is 353 g/mol. The fourth-order valence-corrected chi connectivity index (χ4v) is 3.53. The van der Waals surface area contributed by atoms with Gasteiger partial charge in [0.1, 0.15) is 5.82 Å². The van der Waals surface area contributed by atoms with Crippen LogP contribution in [0.4, 0.5) is 5.82 Å². The predicted molar refractivity (Wildman–Crippen MR) is 110 cm³/mol. The lowest BCUT2D eigenvalue weighted by Gasteiger charge is -2.36. The Morgan fingerprint density at radius 1 is 1.00 bits per heavy atom. The molecule has 140 valence electrons. The summed E-state index contributed by atoms with van der Waals surface area (Å²) >= 11 is 0. The van der Waals surface area contributed by atoms with Crippen molar-refractivity contribution in [3.8, 4) is 0 Å². The molecule has 0 saturated carbocycles. The largest absolute Gasteiger partial charge is 0.354 e. The van der Waals surface area contributed by atoms with Crippen molar-refractivity contribution >= 4 is 5.82 Å². The van der Waals surface area contributed by atoms with Crippen LogP contribution in [-0.4, -0.2) is 42.6 Å². The summed E-state index contributed by atoms with van der Waals surface area (Å²) in [5, 5.41) is 3.38. The quantitative estimate of drug-likeness (QED) is 0.824. The molecule has 4 heteroatoms. The van der Waals surface area contributed by atoms with E-state index in [4.69, 9.17) is 0 Å². The van der Waals surface area contributed by atoms with E-state index < -0.39 is 0 Å². The van der Waals surface area contributed by atoms with Gasteiger partial charge < -0.3 is 10.2 Å². The van der Waals surface area contributed by atoms with E-state index in [1.54, 1.807) is 0 Å². The molecule has 1 aliphatic rings. The first-order valence-corrected chi connectivity index (χ1v) is 9.88. The van der Waals surface area contributed by atoms with Crippen molar-refractivity contribution in [3.63, 3.8) is 0 Å². The molecule has 4 nitrogen and oxygen atoms in total. The van der Waals surface area contributed by atoms with Crippen molar-refractivity contribution in [1.82, 2.24) is 15.2 Å². The Bertz CT molecular complexity index is 673. The zero-order valence-electron chi connectivity index (χ0n) is 16.4. The Labute approximate surface area is 158 Å². The lowest BCUT2D eigenvalue weighted by atomic mass is 10.0. The zero-order chi connectivity index (χ0) is 18.4. The first-order valence-electron chi connectivity index (χ1n) is 9.88. The fourth-order valence-electron chi connectivity index (χ4n) is 3.53. The number of rotatable bonds is 7. The molecule has 0 spiro atoms. The Hall–Kier alpha value is -1.91. The lowest BCUT2D eigenvalue weighted by Crippen LogP contribution is -2.46. The van der Waals surface area contributed by atoms with Gasteiger partial charge in [-0.3, -0.25) is 4.90 Å². The lowest BCUT2D eigenvalue weighted by molar-refractivity contribution is 0.249. The maximum atomic E-state index is 4.67. The minimum atomic E-state index is 0.512. The number of hydrogen-bond donors (Lipinski definition) is 1. The number of benzene rings is 1. The van der Waals surface area contributed by atoms with E-state index in [9.17, 15) is 0 Å². The molecule has 1 fully saturated rings. The molecular formula is C22H32N4. The maximum absolute atomic E-state index is 4.67. The molecule has 2 heterocycles. The van der Waals surface area contributed by atoms with E-state index >= 15 is 0 Å². The van der Waals surface area contributed by atoms with E-state index in [2.05, 4.69) is 77.3 Å². The SMILES string of the molecule is CCNCc1ccc(CN2CCN(c3ncccc3C(C)C)CC2)cc1. The van der Waals surface area contributed by atoms with Crippen molar-refractivity contribution < 1.29 is 0 Å². The molecule has 0 amide bonds. The van der Waals surface area contributed by atoms with Crippen molar-refractivity contribution in [1.29, 1.82) is 0 Å². The Morgan fingerprint density at radius 2 is 1.69 bits per heavy atom. The molecule has 1 aromatic carbocycles. The van der Waals surface area contributed by atoms with Crippen LogP contribution in [0.3, 0.4) is 0 Å². The van der Waals surface area contributed by atoms with Crippen molar-refractivity contribution in [3.05, 3.63) is 59.3 Å². The van der Waals surface area contributed by atoms with Crippen LogP contribution in [0.5, 0.6) is 0 Å². The van der Waals surface area contributed by atoms with Gasteiger partial charge in [0.15, 0.2) is 0 Å². The van der Waals surface area contributed by atoms with Crippen molar-refractivity contribution in [2.24, 2.45) is 0 Å². The summed E-state index contributed by atoms with van der Waals surface area (Å²) in [7, 11) is 0. The molecule has 26 heavy (non-hydrogen) atoms. The van der Waals surface area contributed by atoms with Crippen LogP contribution < -0.4 is 10.2 Å². The van der Waals surface area contributed by atoms with Gasteiger partial charge in [0.25, 0.3) is 0 Å². The summed E-state index contributed by atoms with van der Waals surface area (Å²) in [5.41, 5.74) is 4.12. The summed E-state index contributed by atoms with van der Waals surface area (Å²) in [4.78, 5) is 9.67. The highest BCUT2D eigenvalue weighted by Crippen LogP contribution is 2.26. The Morgan fingerprint density at radius 3 is 2.35 bits per heavy atom.